The fourth-order valence-corrected chi connectivity index (χ4v) is 3.16. The van der Waals surface area contributed by atoms with Crippen LogP contribution in [-0.2, 0) is 11.2 Å². The molecule has 5 heteroatoms. The van der Waals surface area contributed by atoms with E-state index in [1.165, 1.54) is 0 Å². The van der Waals surface area contributed by atoms with Gasteiger partial charge in [0.2, 0.25) is 5.91 Å². The molecule has 0 spiro atoms. The molecule has 0 saturated carbocycles. The average Bonchev–Trinajstić information content (AvgIpc) is 2.85. The van der Waals surface area contributed by atoms with Gasteiger partial charge in [-0.1, -0.05) is 48.8 Å². The third-order valence-corrected chi connectivity index (χ3v) is 4.60. The molecule has 0 aliphatic carbocycles. The molecular formula is C17H21BrN2OS. The number of amides is 1. The van der Waals surface area contributed by atoms with Gasteiger partial charge in [0.25, 0.3) is 0 Å². The Bertz CT molecular complexity index is 646. The summed E-state index contributed by atoms with van der Waals surface area (Å²) in [7, 11) is 0. The van der Waals surface area contributed by atoms with Crippen molar-refractivity contribution in [3.63, 3.8) is 0 Å². The van der Waals surface area contributed by atoms with Crippen molar-refractivity contribution in [1.29, 1.82) is 0 Å². The minimum absolute atomic E-state index is 0.0374. The number of carbonyl (C=O) groups excluding carboxylic acids is 1. The lowest BCUT2D eigenvalue weighted by Crippen LogP contribution is -2.28. The lowest BCUT2D eigenvalue weighted by atomic mass is 9.92. The average molecular weight is 381 g/mol. The molecule has 0 radical (unpaired) electrons. The molecule has 118 valence electrons. The largest absolute Gasteiger partial charge is 0.356 e. The first-order chi connectivity index (χ1) is 10.3. The Balaban J connectivity index is 1.91. The van der Waals surface area contributed by atoms with Crippen LogP contribution in [0.2, 0.25) is 0 Å². The number of carbonyl (C=O) groups is 1. The maximum Gasteiger partial charge on any atom is 0.226 e. The van der Waals surface area contributed by atoms with Gasteiger partial charge in [-0.15, -0.1) is 11.3 Å². The Morgan fingerprint density at radius 3 is 2.82 bits per heavy atom. The second-order valence-electron chi connectivity index (χ2n) is 6.49. The number of halogens is 1. The summed E-state index contributed by atoms with van der Waals surface area (Å²) in [5, 5.41) is 5.87. The molecule has 1 aromatic carbocycles. The van der Waals surface area contributed by atoms with Gasteiger partial charge >= 0.3 is 0 Å². The van der Waals surface area contributed by atoms with Crippen LogP contribution in [0.5, 0.6) is 0 Å². The number of nitrogens with zero attached hydrogens (tertiary/aromatic N) is 1. The van der Waals surface area contributed by atoms with Crippen LogP contribution in [0.15, 0.2) is 34.1 Å². The minimum Gasteiger partial charge on any atom is -0.356 e. The van der Waals surface area contributed by atoms with Crippen LogP contribution in [0.3, 0.4) is 0 Å². The fraction of sp³-hybridized carbons (Fsp3) is 0.412. The summed E-state index contributed by atoms with van der Waals surface area (Å²) < 4.78 is 1.03. The van der Waals surface area contributed by atoms with Crippen molar-refractivity contribution in [3.05, 3.63) is 39.8 Å². The van der Waals surface area contributed by atoms with E-state index in [0.29, 0.717) is 13.0 Å². The van der Waals surface area contributed by atoms with Crippen LogP contribution in [0.4, 0.5) is 0 Å². The van der Waals surface area contributed by atoms with E-state index in [9.17, 15) is 4.79 Å². The van der Waals surface area contributed by atoms with Gasteiger partial charge < -0.3 is 5.32 Å². The van der Waals surface area contributed by atoms with Gasteiger partial charge in [-0.2, -0.15) is 0 Å². The molecule has 0 aliphatic heterocycles. The van der Waals surface area contributed by atoms with Crippen LogP contribution in [0, 0.1) is 5.41 Å². The molecule has 2 aromatic rings. The molecule has 0 fully saturated rings. The second-order valence-corrected chi connectivity index (χ2v) is 8.27. The number of rotatable bonds is 5. The van der Waals surface area contributed by atoms with E-state index in [0.717, 1.165) is 27.2 Å². The molecule has 1 N–H and O–H groups in total. The van der Waals surface area contributed by atoms with Gasteiger partial charge in [-0.05, 0) is 24.0 Å². The molecule has 0 aliphatic rings. The van der Waals surface area contributed by atoms with E-state index < -0.39 is 0 Å². The highest BCUT2D eigenvalue weighted by atomic mass is 79.9. The summed E-state index contributed by atoms with van der Waals surface area (Å²) in [6.45, 7) is 7.22. The lowest BCUT2D eigenvalue weighted by Gasteiger charge is -2.17. The van der Waals surface area contributed by atoms with Gasteiger partial charge in [0.15, 0.2) is 0 Å². The van der Waals surface area contributed by atoms with Crippen LogP contribution >= 0.6 is 27.3 Å². The van der Waals surface area contributed by atoms with E-state index in [2.05, 4.69) is 47.0 Å². The summed E-state index contributed by atoms with van der Waals surface area (Å²) in [5.41, 5.74) is 2.13. The highest BCUT2D eigenvalue weighted by Crippen LogP contribution is 2.26. The summed E-state index contributed by atoms with van der Waals surface area (Å²) in [6, 6.07) is 8.03. The molecule has 1 aromatic heterocycles. The van der Waals surface area contributed by atoms with Gasteiger partial charge in [0.1, 0.15) is 5.01 Å². The first-order valence-corrected chi connectivity index (χ1v) is 8.98. The normalized spacial score (nSPS) is 11.5. The van der Waals surface area contributed by atoms with Crippen molar-refractivity contribution in [2.24, 2.45) is 5.41 Å². The molecule has 2 rings (SSSR count). The first kappa shape index (κ1) is 17.2. The lowest BCUT2D eigenvalue weighted by molar-refractivity contribution is -0.120. The fourth-order valence-electron chi connectivity index (χ4n) is 1.95. The highest BCUT2D eigenvalue weighted by Gasteiger charge is 2.12. The summed E-state index contributed by atoms with van der Waals surface area (Å²) in [6.07, 6.45) is 1.31. The molecule has 0 atom stereocenters. The third-order valence-electron chi connectivity index (χ3n) is 3.16. The Morgan fingerprint density at radius 1 is 1.36 bits per heavy atom. The molecular weight excluding hydrogens is 360 g/mol. The topological polar surface area (TPSA) is 42.0 Å². The van der Waals surface area contributed by atoms with Crippen LogP contribution in [0.1, 0.15) is 32.9 Å². The summed E-state index contributed by atoms with van der Waals surface area (Å²) in [5.74, 6) is 0.0374. The Morgan fingerprint density at radius 2 is 2.14 bits per heavy atom. The van der Waals surface area contributed by atoms with E-state index in [1.54, 1.807) is 11.3 Å². The number of hydrogen-bond acceptors (Lipinski definition) is 3. The highest BCUT2D eigenvalue weighted by molar-refractivity contribution is 9.10. The predicted molar refractivity (Wildman–Crippen MR) is 96.0 cm³/mol. The zero-order chi connectivity index (χ0) is 16.2. The van der Waals surface area contributed by atoms with E-state index in [4.69, 9.17) is 0 Å². The van der Waals surface area contributed by atoms with Crippen molar-refractivity contribution in [2.45, 2.75) is 33.6 Å². The van der Waals surface area contributed by atoms with Crippen LogP contribution in [-0.4, -0.2) is 17.4 Å². The molecule has 1 amide bonds. The molecule has 3 nitrogen and oxygen atoms in total. The minimum atomic E-state index is 0.0374. The van der Waals surface area contributed by atoms with E-state index in [1.807, 2.05) is 29.6 Å². The third kappa shape index (κ3) is 5.54. The molecule has 1 heterocycles. The van der Waals surface area contributed by atoms with Crippen LogP contribution < -0.4 is 5.32 Å². The van der Waals surface area contributed by atoms with Gasteiger partial charge in [0.05, 0.1) is 12.1 Å². The number of hydrogen-bond donors (Lipinski definition) is 1. The van der Waals surface area contributed by atoms with Crippen molar-refractivity contribution in [3.8, 4) is 10.6 Å². The Kier molecular flexibility index (Phi) is 5.75. The quantitative estimate of drug-likeness (QED) is 0.818. The predicted octanol–water partition coefficient (Wildman–Crippen LogP) is 4.67. The first-order valence-electron chi connectivity index (χ1n) is 7.30. The zero-order valence-electron chi connectivity index (χ0n) is 13.1. The molecule has 22 heavy (non-hydrogen) atoms. The Hall–Kier alpha value is -1.20. The molecule has 0 unspecified atom stereocenters. The maximum atomic E-state index is 11.9. The van der Waals surface area contributed by atoms with Crippen LogP contribution in [0.25, 0.3) is 10.6 Å². The SMILES string of the molecule is CC(C)(C)CCNC(=O)Cc1csc(-c2cccc(Br)c2)n1. The van der Waals surface area contributed by atoms with Gasteiger partial charge in [0, 0.05) is 22.0 Å². The van der Waals surface area contributed by atoms with E-state index >= 15 is 0 Å². The van der Waals surface area contributed by atoms with Crippen molar-refractivity contribution < 1.29 is 4.79 Å². The maximum absolute atomic E-state index is 11.9. The van der Waals surface area contributed by atoms with Crippen molar-refractivity contribution >= 4 is 33.2 Å². The standard InChI is InChI=1S/C17H21BrN2OS/c1-17(2,3)7-8-19-15(21)10-14-11-22-16(20-14)12-5-4-6-13(18)9-12/h4-6,9,11H,7-8,10H2,1-3H3,(H,19,21). The number of thiazole rings is 1. The van der Waals surface area contributed by atoms with E-state index in [-0.39, 0.29) is 11.3 Å². The van der Waals surface area contributed by atoms with Gasteiger partial charge in [-0.25, -0.2) is 4.98 Å². The van der Waals surface area contributed by atoms with Gasteiger partial charge in [-0.3, -0.25) is 4.79 Å². The smallest absolute Gasteiger partial charge is 0.226 e. The second kappa shape index (κ2) is 7.38. The monoisotopic (exact) mass is 380 g/mol. The van der Waals surface area contributed by atoms with Crippen molar-refractivity contribution in [1.82, 2.24) is 10.3 Å². The molecule has 0 saturated heterocycles. The zero-order valence-corrected chi connectivity index (χ0v) is 15.6. The number of nitrogens with one attached hydrogen (secondary N) is 1. The molecule has 0 bridgehead atoms. The number of benzene rings is 1. The summed E-state index contributed by atoms with van der Waals surface area (Å²) in [4.78, 5) is 16.5. The number of aromatic nitrogens is 1. The van der Waals surface area contributed by atoms with Crippen molar-refractivity contribution in [2.75, 3.05) is 6.54 Å². The summed E-state index contributed by atoms with van der Waals surface area (Å²) >= 11 is 5.03. The Labute approximate surface area is 144 Å².